The van der Waals surface area contributed by atoms with Gasteiger partial charge in [0.05, 0.1) is 0 Å². The number of nitrogens with zero attached hydrogens (tertiary/aromatic N) is 3. The second-order valence-corrected chi connectivity index (χ2v) is 17.4. The summed E-state index contributed by atoms with van der Waals surface area (Å²) in [5.74, 6) is 3.63. The van der Waals surface area contributed by atoms with Gasteiger partial charge in [0.2, 0.25) is 0 Å². The van der Waals surface area contributed by atoms with E-state index in [4.69, 9.17) is 18.6 Å². The van der Waals surface area contributed by atoms with Crippen LogP contribution in [-0.2, 0) is 17.0 Å². The summed E-state index contributed by atoms with van der Waals surface area (Å²) in [5, 5.41) is 9.25. The van der Waals surface area contributed by atoms with Gasteiger partial charge in [-0.15, -0.1) is 13.3 Å². The van der Waals surface area contributed by atoms with Crippen LogP contribution in [0.1, 0.15) is 53.9 Å². The zero-order valence-corrected chi connectivity index (χ0v) is 25.0. The van der Waals surface area contributed by atoms with Gasteiger partial charge in [-0.1, -0.05) is 78.3 Å². The van der Waals surface area contributed by atoms with Crippen molar-refractivity contribution in [2.45, 2.75) is 72.5 Å². The van der Waals surface area contributed by atoms with Crippen LogP contribution in [-0.4, -0.2) is 32.8 Å². The number of hydrogen-bond donors (Lipinski definition) is 0. The maximum absolute atomic E-state index is 4.89. The number of halogens is 2. The van der Waals surface area contributed by atoms with E-state index in [2.05, 4.69) is 75.1 Å². The summed E-state index contributed by atoms with van der Waals surface area (Å²) in [7, 11) is 8.15. The molecule has 0 bridgehead atoms. The van der Waals surface area contributed by atoms with Crippen LogP contribution in [0.4, 0.5) is 0 Å². The Labute approximate surface area is 210 Å². The fourth-order valence-corrected chi connectivity index (χ4v) is 10.1. The van der Waals surface area contributed by atoms with Gasteiger partial charge in [0, 0.05) is 0 Å². The molecule has 2 fully saturated rings. The quantitative estimate of drug-likeness (QED) is 0.255. The van der Waals surface area contributed by atoms with Gasteiger partial charge < -0.3 is 22.6 Å². The van der Waals surface area contributed by atoms with Crippen LogP contribution in [0.5, 0.6) is 0 Å². The minimum atomic E-state index is -1.63. The van der Waals surface area contributed by atoms with Crippen molar-refractivity contribution in [2.75, 3.05) is 20.0 Å². The Kier molecular flexibility index (Phi) is 13.2. The number of rotatable bonds is 6. The molecule has 0 spiro atoms. The van der Waals surface area contributed by atoms with Gasteiger partial charge in [0.15, 0.2) is 0 Å². The molecular formula is C24H44Cl2N3SiTi+. The molecule has 1 saturated heterocycles. The Balaban J connectivity index is 0.00000113. The molecule has 2 aliphatic carbocycles. The summed E-state index contributed by atoms with van der Waals surface area (Å²) in [4.78, 5) is 0. The van der Waals surface area contributed by atoms with Crippen molar-refractivity contribution in [3.8, 4) is 0 Å². The first-order valence-electron chi connectivity index (χ1n) is 11.6. The Hall–Kier alpha value is 0.871. The summed E-state index contributed by atoms with van der Waals surface area (Å²) >= 11 is -0.556. The van der Waals surface area contributed by atoms with Crippen molar-refractivity contribution in [1.82, 2.24) is 4.57 Å². The first kappa shape index (κ1) is 29.9. The van der Waals surface area contributed by atoms with Crippen LogP contribution in [0.2, 0.25) is 18.6 Å². The second-order valence-electron chi connectivity index (χ2n) is 10.3. The molecule has 7 heteroatoms. The molecule has 4 atom stereocenters. The number of allylic oxidation sites excluding steroid dienone is 4. The third-order valence-electron chi connectivity index (χ3n) is 7.46. The average molecular weight is 521 g/mol. The summed E-state index contributed by atoms with van der Waals surface area (Å²) in [6.45, 7) is 19.6. The van der Waals surface area contributed by atoms with Gasteiger partial charge in [-0.3, -0.25) is 6.67 Å². The van der Waals surface area contributed by atoms with Gasteiger partial charge in [-0.2, -0.15) is 0 Å². The fraction of sp³-hybridized carbons (Fsp3) is 0.792. The van der Waals surface area contributed by atoms with Crippen LogP contribution in [0.25, 0.3) is 10.6 Å². The topological polar surface area (TPSA) is 31.4 Å². The predicted molar refractivity (Wildman–Crippen MR) is 138 cm³/mol. The van der Waals surface area contributed by atoms with Crippen LogP contribution in [0.3, 0.4) is 0 Å². The monoisotopic (exact) mass is 520 g/mol. The van der Waals surface area contributed by atoms with Crippen LogP contribution >= 0.6 is 18.6 Å². The molecule has 31 heavy (non-hydrogen) atoms. The van der Waals surface area contributed by atoms with Crippen LogP contribution in [0, 0.1) is 37.0 Å². The van der Waals surface area contributed by atoms with Gasteiger partial charge in [0.1, 0.15) is 8.24 Å². The Morgan fingerprint density at radius 3 is 2.19 bits per heavy atom. The first-order chi connectivity index (χ1) is 14.2. The van der Waals surface area contributed by atoms with Crippen molar-refractivity contribution in [3.05, 3.63) is 41.4 Å². The van der Waals surface area contributed by atoms with Crippen molar-refractivity contribution in [1.29, 1.82) is 0 Å². The first-order valence-corrected chi connectivity index (χ1v) is 18.9. The molecular weight excluding hydrogens is 477 g/mol. The van der Waals surface area contributed by atoms with E-state index < -0.39 is 25.3 Å². The molecule has 0 aromatic heterocycles. The Morgan fingerprint density at radius 2 is 1.71 bits per heavy atom. The molecule has 176 valence electrons. The molecule has 0 aromatic carbocycles. The molecule has 3 rings (SSSR count). The van der Waals surface area contributed by atoms with Crippen molar-refractivity contribution in [2.24, 2.45) is 29.6 Å². The van der Waals surface area contributed by atoms with E-state index in [0.29, 0.717) is 18.5 Å². The zero-order chi connectivity index (χ0) is 22.5. The van der Waals surface area contributed by atoms with Crippen molar-refractivity contribution in [3.63, 3.8) is 0 Å². The van der Waals surface area contributed by atoms with Crippen LogP contribution in [0.15, 0.2) is 23.3 Å². The zero-order valence-electron chi connectivity index (χ0n) is 21.0. The Morgan fingerprint density at radius 1 is 1.13 bits per heavy atom. The van der Waals surface area contributed by atoms with E-state index in [1.807, 2.05) is 0 Å². The summed E-state index contributed by atoms with van der Waals surface area (Å²) < 4.78 is 2.67. The van der Waals surface area contributed by atoms with E-state index in [-0.39, 0.29) is 7.43 Å². The summed E-state index contributed by atoms with van der Waals surface area (Å²) in [6, 6.07) is 0. The number of hydrogen-bond acceptors (Lipinski definition) is 1. The van der Waals surface area contributed by atoms with Crippen molar-refractivity contribution >= 4 is 26.8 Å². The SMILES string of the molecule is CCCC1CC2C(C(C)C)=CC(C(C)C)=CC2C1[Si](C)(C)N1C[N-]C[N-]C1.[CH3-].[Cl][Ti+4][Cl]. The Bertz CT molecular complexity index is 604. The van der Waals surface area contributed by atoms with Crippen LogP contribution < -0.4 is 0 Å². The molecule has 0 N–H and O–H groups in total. The third-order valence-corrected chi connectivity index (χ3v) is 11.9. The predicted octanol–water partition coefficient (Wildman–Crippen LogP) is 8.55. The maximum atomic E-state index is 4.89. The third kappa shape index (κ3) is 7.18. The molecule has 0 amide bonds. The molecule has 1 aliphatic heterocycles. The summed E-state index contributed by atoms with van der Waals surface area (Å²) in [6.07, 6.45) is 9.36. The van der Waals surface area contributed by atoms with Gasteiger partial charge in [0.25, 0.3) is 0 Å². The molecule has 0 aromatic rings. The molecule has 1 saturated carbocycles. The average Bonchev–Trinajstić information content (AvgIpc) is 3.07. The van der Waals surface area contributed by atoms with E-state index in [1.54, 1.807) is 11.1 Å². The minimum absolute atomic E-state index is 0. The standard InChI is InChI=1S/C23H41N3Si.CH3.2ClH.Ti/c1-8-9-18-10-21-20(17(4)5)11-19(16(2)3)12-22(21)23(18)27(6,7)26-14-24-13-25-15-26;;;;/h11-12,16-18,21-23H,8-10,13-15H2,1-7H3;1H3;2*1H;/q-2;-1;;;+6/p-2. The molecule has 1 heterocycles. The molecule has 0 radical (unpaired) electrons. The van der Waals surface area contributed by atoms with E-state index in [9.17, 15) is 0 Å². The second kappa shape index (κ2) is 13.7. The van der Waals surface area contributed by atoms with Crippen molar-refractivity contribution < 1.29 is 17.0 Å². The van der Waals surface area contributed by atoms with E-state index in [1.165, 1.54) is 19.3 Å². The molecule has 3 nitrogen and oxygen atoms in total. The van der Waals surface area contributed by atoms with E-state index in [0.717, 1.165) is 36.6 Å². The molecule has 4 unspecified atom stereocenters. The molecule has 3 aliphatic rings. The number of fused-ring (bicyclic) bond motifs is 1. The summed E-state index contributed by atoms with van der Waals surface area (Å²) in [5.41, 5.74) is 4.13. The normalized spacial score (nSPS) is 29.1. The fourth-order valence-electron chi connectivity index (χ4n) is 6.03. The van der Waals surface area contributed by atoms with Gasteiger partial charge in [-0.05, 0) is 47.1 Å². The van der Waals surface area contributed by atoms with E-state index >= 15 is 0 Å². The van der Waals surface area contributed by atoms with Gasteiger partial charge in [-0.25, -0.2) is 0 Å². The van der Waals surface area contributed by atoms with Gasteiger partial charge >= 0.3 is 35.6 Å².